The van der Waals surface area contributed by atoms with E-state index in [9.17, 15) is 9.59 Å². The van der Waals surface area contributed by atoms with Crippen LogP contribution in [0.2, 0.25) is 0 Å². The lowest BCUT2D eigenvalue weighted by Crippen LogP contribution is -2.45. The van der Waals surface area contributed by atoms with Crippen LogP contribution in [0.1, 0.15) is 36.7 Å². The molecule has 0 bridgehead atoms. The molecule has 1 aromatic carbocycles. The Labute approximate surface area is 124 Å². The van der Waals surface area contributed by atoms with Gasteiger partial charge in [0.25, 0.3) is 5.91 Å². The highest BCUT2D eigenvalue weighted by atomic mass is 16.2. The maximum Gasteiger partial charge on any atom is 0.251 e. The number of rotatable bonds is 3. The van der Waals surface area contributed by atoms with Crippen molar-refractivity contribution in [3.8, 4) is 11.8 Å². The Kier molecular flexibility index (Phi) is 5.94. The van der Waals surface area contributed by atoms with Crippen LogP contribution in [-0.4, -0.2) is 35.6 Å². The van der Waals surface area contributed by atoms with Crippen molar-refractivity contribution in [2.45, 2.75) is 26.3 Å². The molecule has 0 saturated heterocycles. The number of benzene rings is 1. The second-order valence-corrected chi connectivity index (χ2v) is 5.52. The van der Waals surface area contributed by atoms with E-state index in [-0.39, 0.29) is 30.5 Å². The van der Waals surface area contributed by atoms with Gasteiger partial charge in [0.2, 0.25) is 5.91 Å². The van der Waals surface area contributed by atoms with Crippen LogP contribution in [0.5, 0.6) is 0 Å². The van der Waals surface area contributed by atoms with Gasteiger partial charge in [0.05, 0.1) is 6.54 Å². The predicted molar refractivity (Wildman–Crippen MR) is 80.6 cm³/mol. The van der Waals surface area contributed by atoms with Crippen LogP contribution in [0.25, 0.3) is 0 Å². The lowest BCUT2D eigenvalue weighted by Gasteiger charge is -2.20. The van der Waals surface area contributed by atoms with E-state index in [0.717, 1.165) is 0 Å². The molecule has 3 N–H and O–H groups in total. The smallest absolute Gasteiger partial charge is 0.251 e. The van der Waals surface area contributed by atoms with E-state index in [1.54, 1.807) is 24.3 Å². The summed E-state index contributed by atoms with van der Waals surface area (Å²) >= 11 is 0. The fourth-order valence-corrected chi connectivity index (χ4v) is 1.57. The van der Waals surface area contributed by atoms with Crippen molar-refractivity contribution in [1.82, 2.24) is 10.6 Å². The van der Waals surface area contributed by atoms with E-state index in [1.165, 1.54) is 0 Å². The highest BCUT2D eigenvalue weighted by Gasteiger charge is 2.14. The van der Waals surface area contributed by atoms with E-state index in [0.29, 0.717) is 11.1 Å². The molecule has 0 radical (unpaired) electrons. The van der Waals surface area contributed by atoms with Gasteiger partial charge < -0.3 is 15.7 Å². The first-order chi connectivity index (χ1) is 9.81. The number of aliphatic hydroxyl groups is 1. The summed E-state index contributed by atoms with van der Waals surface area (Å²) < 4.78 is 0. The van der Waals surface area contributed by atoms with E-state index in [1.807, 2.05) is 20.8 Å². The first-order valence-electron chi connectivity index (χ1n) is 6.61. The lowest BCUT2D eigenvalue weighted by atomic mass is 10.1. The number of hydrogen-bond donors (Lipinski definition) is 3. The standard InChI is InChI=1S/C16H20N2O3/c1-16(2,3)18-14(20)11-17-15(21)13-8-6-12(7-9-13)5-4-10-19/h6-9,19H,10-11H2,1-3H3,(H,17,21)(H,18,20). The van der Waals surface area contributed by atoms with Crippen molar-refractivity contribution < 1.29 is 14.7 Å². The molecular weight excluding hydrogens is 268 g/mol. The van der Waals surface area contributed by atoms with Crippen LogP contribution in [0.4, 0.5) is 0 Å². The summed E-state index contributed by atoms with van der Waals surface area (Å²) in [6.45, 7) is 5.35. The Morgan fingerprint density at radius 3 is 2.33 bits per heavy atom. The lowest BCUT2D eigenvalue weighted by molar-refractivity contribution is -0.121. The average molecular weight is 288 g/mol. The van der Waals surface area contributed by atoms with Gasteiger partial charge in [-0.3, -0.25) is 9.59 Å². The molecule has 0 spiro atoms. The van der Waals surface area contributed by atoms with Crippen LogP contribution in [0.3, 0.4) is 0 Å². The quantitative estimate of drug-likeness (QED) is 0.716. The fourth-order valence-electron chi connectivity index (χ4n) is 1.57. The zero-order valence-corrected chi connectivity index (χ0v) is 12.5. The molecule has 1 aromatic rings. The van der Waals surface area contributed by atoms with Crippen LogP contribution in [-0.2, 0) is 4.79 Å². The number of aliphatic hydroxyl groups excluding tert-OH is 1. The summed E-state index contributed by atoms with van der Waals surface area (Å²) in [6, 6.07) is 6.62. The molecule has 1 rings (SSSR count). The van der Waals surface area contributed by atoms with Crippen molar-refractivity contribution >= 4 is 11.8 Å². The molecule has 0 aliphatic carbocycles. The summed E-state index contributed by atoms with van der Waals surface area (Å²) in [5, 5.41) is 13.9. The molecule has 0 saturated carbocycles. The number of nitrogens with one attached hydrogen (secondary N) is 2. The van der Waals surface area contributed by atoms with Crippen molar-refractivity contribution in [2.75, 3.05) is 13.2 Å². The number of amides is 2. The number of carbonyl (C=O) groups excluding carboxylic acids is 2. The van der Waals surface area contributed by atoms with Gasteiger partial charge in [-0.05, 0) is 45.0 Å². The van der Waals surface area contributed by atoms with Gasteiger partial charge in [-0.2, -0.15) is 0 Å². The van der Waals surface area contributed by atoms with E-state index in [2.05, 4.69) is 22.5 Å². The van der Waals surface area contributed by atoms with Crippen LogP contribution >= 0.6 is 0 Å². The highest BCUT2D eigenvalue weighted by molar-refractivity contribution is 5.96. The van der Waals surface area contributed by atoms with Gasteiger partial charge in [-0.15, -0.1) is 0 Å². The third kappa shape index (κ3) is 6.59. The molecule has 0 aromatic heterocycles. The fraction of sp³-hybridized carbons (Fsp3) is 0.375. The molecule has 0 atom stereocenters. The van der Waals surface area contributed by atoms with E-state index < -0.39 is 0 Å². The summed E-state index contributed by atoms with van der Waals surface area (Å²) in [5.74, 6) is 4.71. The maximum absolute atomic E-state index is 11.9. The molecule has 112 valence electrons. The average Bonchev–Trinajstić information content (AvgIpc) is 2.41. The normalized spacial score (nSPS) is 10.3. The van der Waals surface area contributed by atoms with Crippen LogP contribution in [0.15, 0.2) is 24.3 Å². The molecule has 0 aliphatic heterocycles. The Bertz CT molecular complexity index is 560. The zero-order chi connectivity index (χ0) is 15.9. The topological polar surface area (TPSA) is 78.4 Å². The van der Waals surface area contributed by atoms with Gasteiger partial charge in [-0.25, -0.2) is 0 Å². The summed E-state index contributed by atoms with van der Waals surface area (Å²) in [5.41, 5.74) is 0.841. The molecule has 0 aliphatic rings. The van der Waals surface area contributed by atoms with Gasteiger partial charge in [0, 0.05) is 16.7 Å². The minimum atomic E-state index is -0.325. The number of carbonyl (C=O) groups is 2. The minimum Gasteiger partial charge on any atom is -0.384 e. The van der Waals surface area contributed by atoms with Gasteiger partial charge in [0.1, 0.15) is 6.61 Å². The molecule has 5 nitrogen and oxygen atoms in total. The molecule has 0 unspecified atom stereocenters. The number of hydrogen-bond acceptors (Lipinski definition) is 3. The van der Waals surface area contributed by atoms with Crippen molar-refractivity contribution in [3.05, 3.63) is 35.4 Å². The Balaban J connectivity index is 2.54. The van der Waals surface area contributed by atoms with Crippen LogP contribution < -0.4 is 10.6 Å². The molecule has 0 fully saturated rings. The van der Waals surface area contributed by atoms with Gasteiger partial charge >= 0.3 is 0 Å². The third-order valence-corrected chi connectivity index (χ3v) is 2.38. The molecule has 5 heteroatoms. The molecule has 0 heterocycles. The van der Waals surface area contributed by atoms with Crippen molar-refractivity contribution in [2.24, 2.45) is 0 Å². The first kappa shape index (κ1) is 16.7. The molecule has 21 heavy (non-hydrogen) atoms. The summed E-state index contributed by atoms with van der Waals surface area (Å²) in [4.78, 5) is 23.5. The summed E-state index contributed by atoms with van der Waals surface area (Å²) in [6.07, 6.45) is 0. The van der Waals surface area contributed by atoms with E-state index in [4.69, 9.17) is 5.11 Å². The SMILES string of the molecule is CC(C)(C)NC(=O)CNC(=O)c1ccc(C#CCO)cc1. The molecular formula is C16H20N2O3. The maximum atomic E-state index is 11.9. The third-order valence-electron chi connectivity index (χ3n) is 2.38. The largest absolute Gasteiger partial charge is 0.384 e. The molecule has 2 amide bonds. The monoisotopic (exact) mass is 288 g/mol. The zero-order valence-electron chi connectivity index (χ0n) is 12.5. The Morgan fingerprint density at radius 1 is 1.19 bits per heavy atom. The highest BCUT2D eigenvalue weighted by Crippen LogP contribution is 2.03. The van der Waals surface area contributed by atoms with E-state index >= 15 is 0 Å². The predicted octanol–water partition coefficient (Wildman–Crippen LogP) is 0.675. The van der Waals surface area contributed by atoms with Crippen LogP contribution in [0, 0.1) is 11.8 Å². The summed E-state index contributed by atoms with van der Waals surface area (Å²) in [7, 11) is 0. The first-order valence-corrected chi connectivity index (χ1v) is 6.61. The Morgan fingerprint density at radius 2 is 1.81 bits per heavy atom. The van der Waals surface area contributed by atoms with Crippen molar-refractivity contribution in [1.29, 1.82) is 0 Å². The Hall–Kier alpha value is -2.32. The van der Waals surface area contributed by atoms with Crippen molar-refractivity contribution in [3.63, 3.8) is 0 Å². The second kappa shape index (κ2) is 7.46. The van der Waals surface area contributed by atoms with Gasteiger partial charge in [-0.1, -0.05) is 11.8 Å². The minimum absolute atomic E-state index is 0.0673. The van der Waals surface area contributed by atoms with Gasteiger partial charge in [0.15, 0.2) is 0 Å². The second-order valence-electron chi connectivity index (χ2n) is 5.52.